The number of piperidine rings is 1. The summed E-state index contributed by atoms with van der Waals surface area (Å²) in [5, 5.41) is 6.84. The zero-order valence-electron chi connectivity index (χ0n) is 16.4. The van der Waals surface area contributed by atoms with Crippen LogP contribution in [0.3, 0.4) is 0 Å². The molecule has 0 bridgehead atoms. The van der Waals surface area contributed by atoms with E-state index >= 15 is 0 Å². The summed E-state index contributed by atoms with van der Waals surface area (Å²) < 4.78 is 1.11. The minimum absolute atomic E-state index is 0.190. The minimum Gasteiger partial charge on any atom is -0.346 e. The van der Waals surface area contributed by atoms with Gasteiger partial charge in [-0.15, -0.1) is 0 Å². The Morgan fingerprint density at radius 3 is 2.75 bits per heavy atom. The van der Waals surface area contributed by atoms with Crippen LogP contribution in [0.15, 0.2) is 27.8 Å². The van der Waals surface area contributed by atoms with Crippen LogP contribution >= 0.6 is 0 Å². The first-order valence-electron chi connectivity index (χ1n) is 9.52. The molecular weight excluding hydrogens is 360 g/mol. The Balaban J connectivity index is 1.70. The minimum atomic E-state index is -0.474. The number of carbonyl (C=O) groups excluding carboxylic acids is 1. The number of aryl methyl sites for hydroxylation is 1. The summed E-state index contributed by atoms with van der Waals surface area (Å²) in [6.07, 6.45) is 2.11. The summed E-state index contributed by atoms with van der Waals surface area (Å²) in [6.45, 7) is 7.22. The Morgan fingerprint density at radius 2 is 2.04 bits per heavy atom. The second-order valence-corrected chi connectivity index (χ2v) is 7.42. The molecule has 0 spiro atoms. The molecule has 1 aliphatic rings. The lowest BCUT2D eigenvalue weighted by atomic mass is 10.00. The molecule has 0 aliphatic carbocycles. The van der Waals surface area contributed by atoms with Gasteiger partial charge in [-0.3, -0.25) is 19.4 Å². The number of rotatable bonds is 5. The maximum absolute atomic E-state index is 12.3. The molecule has 9 nitrogen and oxygen atoms in total. The van der Waals surface area contributed by atoms with E-state index in [1.165, 1.54) is 12.1 Å². The maximum Gasteiger partial charge on any atom is 0.267 e. The van der Waals surface area contributed by atoms with Crippen LogP contribution in [0.25, 0.3) is 0 Å². The van der Waals surface area contributed by atoms with Gasteiger partial charge in [-0.1, -0.05) is 6.92 Å². The standard InChI is InChI=1S/C19H26N6O3/c1-12-6-8-24(9-7-12)19-21-15(10-16(26)22-19)14(3)20-17(27)11-25-18(28)5-4-13(2)23-25/h4-5,10,12,14H,6-9,11H2,1-3H3,(H,20,27)(H,21,22,26)/t14-/m0/s1. The van der Waals surface area contributed by atoms with Gasteiger partial charge in [0.1, 0.15) is 6.54 Å². The van der Waals surface area contributed by atoms with Gasteiger partial charge in [-0.2, -0.15) is 5.10 Å². The van der Waals surface area contributed by atoms with Gasteiger partial charge >= 0.3 is 0 Å². The smallest absolute Gasteiger partial charge is 0.267 e. The van der Waals surface area contributed by atoms with Gasteiger partial charge < -0.3 is 10.2 Å². The molecule has 150 valence electrons. The van der Waals surface area contributed by atoms with Crippen molar-refractivity contribution in [1.82, 2.24) is 25.1 Å². The van der Waals surface area contributed by atoms with Crippen LogP contribution in [0.1, 0.15) is 44.1 Å². The van der Waals surface area contributed by atoms with Crippen LogP contribution in [-0.2, 0) is 11.3 Å². The number of nitrogens with zero attached hydrogens (tertiary/aromatic N) is 4. The fourth-order valence-corrected chi connectivity index (χ4v) is 3.22. The van der Waals surface area contributed by atoms with Crippen molar-refractivity contribution in [3.8, 4) is 0 Å². The number of aromatic amines is 1. The second-order valence-electron chi connectivity index (χ2n) is 7.42. The molecule has 28 heavy (non-hydrogen) atoms. The summed E-state index contributed by atoms with van der Waals surface area (Å²) in [7, 11) is 0. The van der Waals surface area contributed by atoms with Crippen LogP contribution in [-0.4, -0.2) is 38.7 Å². The summed E-state index contributed by atoms with van der Waals surface area (Å²) >= 11 is 0. The average molecular weight is 386 g/mol. The molecule has 0 radical (unpaired) electrons. The fourth-order valence-electron chi connectivity index (χ4n) is 3.22. The van der Waals surface area contributed by atoms with E-state index in [0.29, 0.717) is 23.3 Å². The number of nitrogens with one attached hydrogen (secondary N) is 2. The Morgan fingerprint density at radius 1 is 1.32 bits per heavy atom. The number of amides is 1. The summed E-state index contributed by atoms with van der Waals surface area (Å²) in [6, 6.07) is 3.89. The summed E-state index contributed by atoms with van der Waals surface area (Å²) in [5.74, 6) is 0.832. The summed E-state index contributed by atoms with van der Waals surface area (Å²) in [4.78, 5) is 45.6. The van der Waals surface area contributed by atoms with Crippen molar-refractivity contribution in [3.05, 3.63) is 50.3 Å². The predicted octanol–water partition coefficient (Wildman–Crippen LogP) is 0.749. The van der Waals surface area contributed by atoms with E-state index in [0.717, 1.165) is 30.6 Å². The highest BCUT2D eigenvalue weighted by molar-refractivity contribution is 5.76. The van der Waals surface area contributed by atoms with Gasteiger partial charge in [0.15, 0.2) is 0 Å². The molecule has 1 atom stereocenters. The molecular formula is C19H26N6O3. The van der Waals surface area contributed by atoms with Crippen molar-refractivity contribution in [2.75, 3.05) is 18.0 Å². The monoisotopic (exact) mass is 386 g/mol. The third-order valence-electron chi connectivity index (χ3n) is 4.95. The number of hydrogen-bond acceptors (Lipinski definition) is 6. The Hall–Kier alpha value is -2.97. The SMILES string of the molecule is Cc1ccc(=O)n(CC(=O)N[C@@H](C)c2cc(=O)[nH]c(N3CCC(C)CC3)n2)n1. The molecule has 0 saturated carbocycles. The molecule has 1 amide bonds. The first-order valence-corrected chi connectivity index (χ1v) is 9.52. The zero-order chi connectivity index (χ0) is 20.3. The first-order chi connectivity index (χ1) is 13.3. The van der Waals surface area contributed by atoms with E-state index in [1.807, 2.05) is 0 Å². The van der Waals surface area contributed by atoms with Crippen molar-refractivity contribution < 1.29 is 4.79 Å². The van der Waals surface area contributed by atoms with Crippen molar-refractivity contribution in [2.45, 2.75) is 46.2 Å². The van der Waals surface area contributed by atoms with E-state index in [1.54, 1.807) is 19.9 Å². The molecule has 1 saturated heterocycles. The van der Waals surface area contributed by atoms with Gasteiger partial charge in [-0.05, 0) is 38.7 Å². The van der Waals surface area contributed by atoms with Crippen LogP contribution < -0.4 is 21.3 Å². The molecule has 3 rings (SSSR count). The van der Waals surface area contributed by atoms with Crippen LogP contribution in [0, 0.1) is 12.8 Å². The second kappa shape index (κ2) is 8.37. The lowest BCUT2D eigenvalue weighted by Crippen LogP contribution is -2.37. The van der Waals surface area contributed by atoms with E-state index in [2.05, 4.69) is 32.2 Å². The highest BCUT2D eigenvalue weighted by Crippen LogP contribution is 2.20. The largest absolute Gasteiger partial charge is 0.346 e. The molecule has 9 heteroatoms. The molecule has 3 heterocycles. The van der Waals surface area contributed by atoms with E-state index < -0.39 is 6.04 Å². The zero-order valence-corrected chi connectivity index (χ0v) is 16.4. The summed E-state index contributed by atoms with van der Waals surface area (Å²) in [5.41, 5.74) is 0.535. The van der Waals surface area contributed by atoms with Gasteiger partial charge in [0.25, 0.3) is 11.1 Å². The van der Waals surface area contributed by atoms with Crippen molar-refractivity contribution in [3.63, 3.8) is 0 Å². The Bertz CT molecular complexity index is 959. The Labute approximate surface area is 162 Å². The van der Waals surface area contributed by atoms with Crippen molar-refractivity contribution in [1.29, 1.82) is 0 Å². The third-order valence-corrected chi connectivity index (χ3v) is 4.95. The van der Waals surface area contributed by atoms with Gasteiger partial charge in [0.2, 0.25) is 11.9 Å². The van der Waals surface area contributed by atoms with Crippen molar-refractivity contribution in [2.24, 2.45) is 5.92 Å². The third kappa shape index (κ3) is 4.85. The van der Waals surface area contributed by atoms with Gasteiger partial charge in [0, 0.05) is 25.2 Å². The normalized spacial score (nSPS) is 16.0. The number of H-pyrrole nitrogens is 1. The quantitative estimate of drug-likeness (QED) is 0.784. The Kier molecular flexibility index (Phi) is 5.91. The topological polar surface area (TPSA) is 113 Å². The van der Waals surface area contributed by atoms with E-state index in [4.69, 9.17) is 0 Å². The predicted molar refractivity (Wildman–Crippen MR) is 105 cm³/mol. The van der Waals surface area contributed by atoms with Gasteiger partial charge in [-0.25, -0.2) is 9.67 Å². The molecule has 1 aliphatic heterocycles. The molecule has 0 aromatic carbocycles. The number of anilines is 1. The van der Waals surface area contributed by atoms with Crippen LogP contribution in [0.5, 0.6) is 0 Å². The van der Waals surface area contributed by atoms with E-state index in [9.17, 15) is 14.4 Å². The van der Waals surface area contributed by atoms with Gasteiger partial charge in [0.05, 0.1) is 17.4 Å². The number of carbonyl (C=O) groups is 1. The van der Waals surface area contributed by atoms with E-state index in [-0.39, 0.29) is 23.6 Å². The highest BCUT2D eigenvalue weighted by atomic mass is 16.2. The molecule has 2 aromatic rings. The van der Waals surface area contributed by atoms with Crippen molar-refractivity contribution >= 4 is 11.9 Å². The number of aromatic nitrogens is 4. The molecule has 1 fully saturated rings. The lowest BCUT2D eigenvalue weighted by molar-refractivity contribution is -0.122. The highest BCUT2D eigenvalue weighted by Gasteiger charge is 2.20. The fraction of sp³-hybridized carbons (Fsp3) is 0.526. The molecule has 2 N–H and O–H groups in total. The molecule has 2 aromatic heterocycles. The van der Waals surface area contributed by atoms with Crippen LogP contribution in [0.2, 0.25) is 0 Å². The van der Waals surface area contributed by atoms with Crippen LogP contribution in [0.4, 0.5) is 5.95 Å². The molecule has 0 unspecified atom stereocenters. The lowest BCUT2D eigenvalue weighted by Gasteiger charge is -2.31. The average Bonchev–Trinajstić information content (AvgIpc) is 2.64. The maximum atomic E-state index is 12.3. The first kappa shape index (κ1) is 19.8. The number of hydrogen-bond donors (Lipinski definition) is 2.